The van der Waals surface area contributed by atoms with E-state index in [9.17, 15) is 13.5 Å². The molecule has 130 valence electrons. The SMILES string of the molecule is COCOc1cccc([C@@H](O)COS(=O)(=O)c2ccccc2C)c1. The lowest BCUT2D eigenvalue weighted by molar-refractivity contribution is 0.0506. The molecule has 24 heavy (non-hydrogen) atoms. The number of rotatable bonds is 8. The average Bonchev–Trinajstić information content (AvgIpc) is 2.58. The Morgan fingerprint density at radius 3 is 2.58 bits per heavy atom. The molecule has 0 bridgehead atoms. The van der Waals surface area contributed by atoms with Gasteiger partial charge in [-0.15, -0.1) is 0 Å². The molecular formula is C17H20O6S. The number of hydrogen-bond acceptors (Lipinski definition) is 6. The van der Waals surface area contributed by atoms with Gasteiger partial charge in [-0.25, -0.2) is 0 Å². The Bertz CT molecular complexity index is 772. The van der Waals surface area contributed by atoms with Gasteiger partial charge in [0, 0.05) is 7.11 Å². The molecule has 0 radical (unpaired) electrons. The first-order chi connectivity index (χ1) is 11.4. The van der Waals surface area contributed by atoms with Gasteiger partial charge in [0.05, 0.1) is 11.5 Å². The zero-order chi connectivity index (χ0) is 17.6. The summed E-state index contributed by atoms with van der Waals surface area (Å²) < 4.78 is 39.5. The first-order valence-corrected chi connectivity index (χ1v) is 8.69. The predicted molar refractivity (Wildman–Crippen MR) is 88.2 cm³/mol. The molecule has 0 amide bonds. The molecule has 1 atom stereocenters. The van der Waals surface area contributed by atoms with Gasteiger partial charge < -0.3 is 14.6 Å². The van der Waals surface area contributed by atoms with Crippen LogP contribution in [0.1, 0.15) is 17.2 Å². The van der Waals surface area contributed by atoms with Gasteiger partial charge in [-0.3, -0.25) is 4.18 Å². The smallest absolute Gasteiger partial charge is 0.297 e. The lowest BCUT2D eigenvalue weighted by atomic mass is 10.1. The van der Waals surface area contributed by atoms with E-state index in [4.69, 9.17) is 13.7 Å². The first-order valence-electron chi connectivity index (χ1n) is 7.29. The van der Waals surface area contributed by atoms with Crippen LogP contribution < -0.4 is 4.74 Å². The molecular weight excluding hydrogens is 332 g/mol. The van der Waals surface area contributed by atoms with Gasteiger partial charge in [-0.2, -0.15) is 8.42 Å². The third kappa shape index (κ3) is 4.78. The van der Waals surface area contributed by atoms with E-state index < -0.39 is 16.2 Å². The molecule has 0 heterocycles. The molecule has 0 unspecified atom stereocenters. The van der Waals surface area contributed by atoms with Crippen LogP contribution in [0.3, 0.4) is 0 Å². The van der Waals surface area contributed by atoms with Crippen LogP contribution >= 0.6 is 0 Å². The van der Waals surface area contributed by atoms with Crippen molar-refractivity contribution in [2.45, 2.75) is 17.9 Å². The molecule has 0 aliphatic rings. The van der Waals surface area contributed by atoms with E-state index in [-0.39, 0.29) is 18.3 Å². The summed E-state index contributed by atoms with van der Waals surface area (Å²) in [7, 11) is -2.43. The van der Waals surface area contributed by atoms with Crippen molar-refractivity contribution in [2.75, 3.05) is 20.5 Å². The Labute approximate surface area is 141 Å². The van der Waals surface area contributed by atoms with E-state index in [1.165, 1.54) is 13.2 Å². The second-order valence-electron chi connectivity index (χ2n) is 5.14. The fourth-order valence-electron chi connectivity index (χ4n) is 2.09. The highest BCUT2D eigenvalue weighted by Gasteiger charge is 2.20. The summed E-state index contributed by atoms with van der Waals surface area (Å²) in [5.41, 5.74) is 1.07. The van der Waals surface area contributed by atoms with Crippen molar-refractivity contribution in [3.63, 3.8) is 0 Å². The zero-order valence-corrected chi connectivity index (χ0v) is 14.3. The van der Waals surface area contributed by atoms with Crippen LogP contribution in [0.15, 0.2) is 53.4 Å². The molecule has 2 rings (SSSR count). The van der Waals surface area contributed by atoms with Crippen LogP contribution in [0, 0.1) is 6.92 Å². The van der Waals surface area contributed by atoms with Gasteiger partial charge in [0.25, 0.3) is 10.1 Å². The maximum atomic E-state index is 12.2. The molecule has 0 fully saturated rings. The predicted octanol–water partition coefficient (Wildman–Crippen LogP) is 2.42. The molecule has 6 nitrogen and oxygen atoms in total. The van der Waals surface area contributed by atoms with Crippen LogP contribution in [0.5, 0.6) is 5.75 Å². The largest absolute Gasteiger partial charge is 0.468 e. The molecule has 0 aliphatic heterocycles. The lowest BCUT2D eigenvalue weighted by Gasteiger charge is -2.14. The van der Waals surface area contributed by atoms with Gasteiger partial charge in [-0.05, 0) is 36.2 Å². The van der Waals surface area contributed by atoms with E-state index in [1.54, 1.807) is 49.4 Å². The highest BCUT2D eigenvalue weighted by atomic mass is 32.2. The monoisotopic (exact) mass is 352 g/mol. The fraction of sp³-hybridized carbons (Fsp3) is 0.294. The van der Waals surface area contributed by atoms with Crippen molar-refractivity contribution in [2.24, 2.45) is 0 Å². The minimum absolute atomic E-state index is 0.0811. The van der Waals surface area contributed by atoms with E-state index in [0.717, 1.165) is 0 Å². The average molecular weight is 352 g/mol. The Morgan fingerprint density at radius 2 is 1.88 bits per heavy atom. The van der Waals surface area contributed by atoms with Crippen molar-refractivity contribution >= 4 is 10.1 Å². The van der Waals surface area contributed by atoms with E-state index in [0.29, 0.717) is 16.9 Å². The second kappa shape index (κ2) is 8.25. The van der Waals surface area contributed by atoms with Gasteiger partial charge in [0.2, 0.25) is 0 Å². The Hall–Kier alpha value is -1.93. The summed E-state index contributed by atoms with van der Waals surface area (Å²) in [5, 5.41) is 10.2. The van der Waals surface area contributed by atoms with Crippen molar-refractivity contribution < 1.29 is 27.2 Å². The molecule has 1 N–H and O–H groups in total. The van der Waals surface area contributed by atoms with Gasteiger partial charge in [-0.1, -0.05) is 30.3 Å². The number of aliphatic hydroxyl groups is 1. The standard InChI is InChI=1S/C17H20O6S/c1-13-6-3-4-9-17(13)24(19,20)23-11-16(18)14-7-5-8-15(10-14)22-12-21-2/h3-10,16,18H,11-12H2,1-2H3/t16-/m0/s1. The normalized spacial score (nSPS) is 12.8. The summed E-state index contributed by atoms with van der Waals surface area (Å²) in [5.74, 6) is 0.509. The van der Waals surface area contributed by atoms with Gasteiger partial charge in [0.15, 0.2) is 6.79 Å². The fourth-order valence-corrected chi connectivity index (χ4v) is 3.23. The Morgan fingerprint density at radius 1 is 1.12 bits per heavy atom. The molecule has 0 saturated carbocycles. The molecule has 0 aromatic heterocycles. The van der Waals surface area contributed by atoms with E-state index in [2.05, 4.69) is 0 Å². The summed E-state index contributed by atoms with van der Waals surface area (Å²) >= 11 is 0. The van der Waals surface area contributed by atoms with Crippen molar-refractivity contribution in [3.05, 3.63) is 59.7 Å². The van der Waals surface area contributed by atoms with Crippen molar-refractivity contribution in [1.82, 2.24) is 0 Å². The van der Waals surface area contributed by atoms with Gasteiger partial charge >= 0.3 is 0 Å². The third-order valence-corrected chi connectivity index (χ3v) is 4.77. The molecule has 0 saturated heterocycles. The quantitative estimate of drug-likeness (QED) is 0.580. The number of benzene rings is 2. The summed E-state index contributed by atoms with van der Waals surface area (Å²) in [6, 6.07) is 13.2. The number of methoxy groups -OCH3 is 1. The van der Waals surface area contributed by atoms with E-state index >= 15 is 0 Å². The minimum Gasteiger partial charge on any atom is -0.468 e. The topological polar surface area (TPSA) is 82.1 Å². The zero-order valence-electron chi connectivity index (χ0n) is 13.5. The second-order valence-corrected chi connectivity index (χ2v) is 6.73. The summed E-state index contributed by atoms with van der Waals surface area (Å²) in [4.78, 5) is 0.0920. The Kier molecular flexibility index (Phi) is 6.33. The number of hydrogen-bond donors (Lipinski definition) is 1. The summed E-state index contributed by atoms with van der Waals surface area (Å²) in [6.07, 6.45) is -1.10. The van der Waals surface area contributed by atoms with Crippen LogP contribution in [0.4, 0.5) is 0 Å². The van der Waals surface area contributed by atoms with Crippen LogP contribution in [-0.2, 0) is 19.0 Å². The third-order valence-electron chi connectivity index (χ3n) is 3.33. The number of aliphatic hydroxyl groups excluding tert-OH is 1. The lowest BCUT2D eigenvalue weighted by Crippen LogP contribution is -2.14. The van der Waals surface area contributed by atoms with Crippen LogP contribution in [-0.4, -0.2) is 34.0 Å². The van der Waals surface area contributed by atoms with E-state index in [1.807, 2.05) is 0 Å². The molecule has 2 aromatic carbocycles. The Balaban J connectivity index is 2.05. The first kappa shape index (κ1) is 18.4. The molecule has 7 heteroatoms. The number of aryl methyl sites for hydroxylation is 1. The molecule has 2 aromatic rings. The summed E-state index contributed by atoms with van der Waals surface area (Å²) in [6.45, 7) is 1.38. The highest BCUT2D eigenvalue weighted by molar-refractivity contribution is 7.86. The highest BCUT2D eigenvalue weighted by Crippen LogP contribution is 2.22. The molecule has 0 spiro atoms. The van der Waals surface area contributed by atoms with Crippen molar-refractivity contribution in [3.8, 4) is 5.75 Å². The van der Waals surface area contributed by atoms with Crippen molar-refractivity contribution in [1.29, 1.82) is 0 Å². The maximum Gasteiger partial charge on any atom is 0.297 e. The minimum atomic E-state index is -3.93. The molecule has 0 aliphatic carbocycles. The number of ether oxygens (including phenoxy) is 2. The van der Waals surface area contributed by atoms with Gasteiger partial charge in [0.1, 0.15) is 11.9 Å². The van der Waals surface area contributed by atoms with Crippen LogP contribution in [0.25, 0.3) is 0 Å². The van der Waals surface area contributed by atoms with Crippen LogP contribution in [0.2, 0.25) is 0 Å². The maximum absolute atomic E-state index is 12.2.